The van der Waals surface area contributed by atoms with E-state index >= 15 is 0 Å². The van der Waals surface area contributed by atoms with Crippen molar-refractivity contribution in [2.45, 2.75) is 41.8 Å². The summed E-state index contributed by atoms with van der Waals surface area (Å²) in [5.41, 5.74) is 0. The second-order valence-corrected chi connectivity index (χ2v) is 6.97. The van der Waals surface area contributed by atoms with E-state index in [9.17, 15) is 19.8 Å². The second-order valence-electron chi connectivity index (χ2n) is 5.23. The summed E-state index contributed by atoms with van der Waals surface area (Å²) in [6.45, 7) is -0.310. The molecule has 0 heterocycles. The SMILES string of the molecule is O=C(O)CC(O)(SC1(CO)CCC(CO)CC1)C(=O)O. The molecule has 1 aliphatic carbocycles. The highest BCUT2D eigenvalue weighted by atomic mass is 32.2. The normalized spacial score (nSPS) is 29.6. The molecule has 0 amide bonds. The third-order valence-electron chi connectivity index (χ3n) is 3.67. The Morgan fingerprint density at radius 1 is 1.20 bits per heavy atom. The average Bonchev–Trinajstić information content (AvgIpc) is 2.38. The van der Waals surface area contributed by atoms with Crippen molar-refractivity contribution < 1.29 is 35.1 Å². The summed E-state index contributed by atoms with van der Waals surface area (Å²) in [6, 6.07) is 0. The van der Waals surface area contributed by atoms with Crippen LogP contribution < -0.4 is 0 Å². The van der Waals surface area contributed by atoms with Gasteiger partial charge in [0.2, 0.25) is 4.93 Å². The maximum absolute atomic E-state index is 11.2. The number of aliphatic hydroxyl groups is 3. The molecule has 1 unspecified atom stereocenters. The zero-order chi connectivity index (χ0) is 15.4. The van der Waals surface area contributed by atoms with Gasteiger partial charge in [0.15, 0.2) is 0 Å². The minimum atomic E-state index is -2.46. The lowest BCUT2D eigenvalue weighted by molar-refractivity contribution is -0.156. The Kier molecular flexibility index (Phi) is 5.81. The predicted molar refractivity (Wildman–Crippen MR) is 71.3 cm³/mol. The van der Waals surface area contributed by atoms with Gasteiger partial charge in [-0.15, -0.1) is 11.8 Å². The Morgan fingerprint density at radius 3 is 2.10 bits per heavy atom. The lowest BCUT2D eigenvalue weighted by atomic mass is 9.82. The van der Waals surface area contributed by atoms with Crippen molar-refractivity contribution in [2.24, 2.45) is 5.92 Å². The highest BCUT2D eigenvalue weighted by Gasteiger charge is 2.48. The third-order valence-corrected chi connectivity index (χ3v) is 5.30. The Morgan fingerprint density at radius 2 is 1.75 bits per heavy atom. The Hall–Kier alpha value is -0.830. The van der Waals surface area contributed by atoms with E-state index in [4.69, 9.17) is 15.3 Å². The average molecular weight is 308 g/mol. The number of carboxylic acids is 2. The molecule has 1 aliphatic rings. The van der Waals surface area contributed by atoms with Gasteiger partial charge in [-0.2, -0.15) is 0 Å². The zero-order valence-corrected chi connectivity index (χ0v) is 11.8. The van der Waals surface area contributed by atoms with Crippen LogP contribution in [-0.2, 0) is 9.59 Å². The maximum Gasteiger partial charge on any atom is 0.347 e. The van der Waals surface area contributed by atoms with E-state index in [1.165, 1.54) is 0 Å². The number of thioether (sulfide) groups is 1. The van der Waals surface area contributed by atoms with E-state index in [0.717, 1.165) is 0 Å². The standard InChI is InChI=1S/C12H20O7S/c13-6-8-1-3-11(7-14,4-2-8)20-12(19,10(17)18)5-9(15)16/h8,13-14,19H,1-7H2,(H,15,16)(H,17,18). The van der Waals surface area contributed by atoms with E-state index in [-0.39, 0.29) is 19.1 Å². The van der Waals surface area contributed by atoms with Gasteiger partial charge in [0, 0.05) is 11.4 Å². The number of hydrogen-bond donors (Lipinski definition) is 5. The van der Waals surface area contributed by atoms with E-state index in [2.05, 4.69) is 0 Å². The first-order valence-corrected chi connectivity index (χ1v) is 7.18. The number of rotatable bonds is 7. The molecule has 8 heteroatoms. The van der Waals surface area contributed by atoms with Crippen molar-refractivity contribution in [1.29, 1.82) is 0 Å². The van der Waals surface area contributed by atoms with Crippen LogP contribution in [0.2, 0.25) is 0 Å². The van der Waals surface area contributed by atoms with Crippen LogP contribution in [0.3, 0.4) is 0 Å². The molecule has 1 saturated carbocycles. The molecule has 0 saturated heterocycles. The molecule has 1 rings (SSSR count). The van der Waals surface area contributed by atoms with Gasteiger partial charge in [0.05, 0.1) is 13.0 Å². The summed E-state index contributed by atoms with van der Waals surface area (Å²) in [6.07, 6.45) is 1.13. The second kappa shape index (κ2) is 6.75. The summed E-state index contributed by atoms with van der Waals surface area (Å²) in [5.74, 6) is -2.94. The topological polar surface area (TPSA) is 135 Å². The van der Waals surface area contributed by atoms with Crippen LogP contribution in [0.25, 0.3) is 0 Å². The summed E-state index contributed by atoms with van der Waals surface area (Å²) in [7, 11) is 0. The molecule has 20 heavy (non-hydrogen) atoms. The Bertz CT molecular complexity index is 365. The van der Waals surface area contributed by atoms with Crippen LogP contribution in [0.15, 0.2) is 0 Å². The van der Waals surface area contributed by atoms with E-state index < -0.39 is 28.0 Å². The van der Waals surface area contributed by atoms with Crippen LogP contribution in [-0.4, -0.2) is 60.4 Å². The van der Waals surface area contributed by atoms with Gasteiger partial charge >= 0.3 is 11.9 Å². The van der Waals surface area contributed by atoms with Gasteiger partial charge in [-0.1, -0.05) is 0 Å². The third kappa shape index (κ3) is 4.08. The molecule has 0 radical (unpaired) electrons. The van der Waals surface area contributed by atoms with Gasteiger partial charge in [-0.3, -0.25) is 4.79 Å². The number of carbonyl (C=O) groups is 2. The van der Waals surface area contributed by atoms with Crippen molar-refractivity contribution in [3.8, 4) is 0 Å². The quantitative estimate of drug-likeness (QED) is 0.411. The molecule has 1 fully saturated rings. The summed E-state index contributed by atoms with van der Waals surface area (Å²) in [4.78, 5) is 19.4. The molecular formula is C12H20O7S. The van der Waals surface area contributed by atoms with Crippen molar-refractivity contribution in [2.75, 3.05) is 13.2 Å². The minimum Gasteiger partial charge on any atom is -0.481 e. The monoisotopic (exact) mass is 308 g/mol. The molecule has 0 aliphatic heterocycles. The minimum absolute atomic E-state index is 0.0322. The Balaban J connectivity index is 2.84. The van der Waals surface area contributed by atoms with Crippen LogP contribution in [0, 0.1) is 5.92 Å². The van der Waals surface area contributed by atoms with Gasteiger partial charge in [0.25, 0.3) is 0 Å². The summed E-state index contributed by atoms with van der Waals surface area (Å²) in [5, 5.41) is 46.5. The number of carboxylic acid groups (broad SMARTS) is 2. The van der Waals surface area contributed by atoms with Crippen molar-refractivity contribution in [3.05, 3.63) is 0 Å². The molecule has 1 atom stereocenters. The first-order chi connectivity index (χ1) is 9.27. The molecule has 116 valence electrons. The maximum atomic E-state index is 11.2. The molecule has 0 aromatic rings. The summed E-state index contributed by atoms with van der Waals surface area (Å²) < 4.78 is -0.881. The fourth-order valence-corrected chi connectivity index (χ4v) is 3.90. The van der Waals surface area contributed by atoms with Gasteiger partial charge in [-0.05, 0) is 31.6 Å². The summed E-state index contributed by atoms with van der Waals surface area (Å²) >= 11 is 0.608. The van der Waals surface area contributed by atoms with Crippen molar-refractivity contribution >= 4 is 23.7 Å². The molecule has 0 aromatic carbocycles. The number of hydrogen-bond acceptors (Lipinski definition) is 6. The van der Waals surface area contributed by atoms with Gasteiger partial charge in [0.1, 0.15) is 0 Å². The fourth-order valence-electron chi connectivity index (χ4n) is 2.40. The molecule has 0 bridgehead atoms. The lowest BCUT2D eigenvalue weighted by Crippen LogP contribution is -2.46. The molecule has 0 aromatic heterocycles. The van der Waals surface area contributed by atoms with Crippen LogP contribution in [0.1, 0.15) is 32.1 Å². The molecule has 7 nitrogen and oxygen atoms in total. The lowest BCUT2D eigenvalue weighted by Gasteiger charge is -2.41. The highest BCUT2D eigenvalue weighted by molar-refractivity contribution is 8.02. The molecular weight excluding hydrogens is 288 g/mol. The van der Waals surface area contributed by atoms with E-state index in [1.807, 2.05) is 0 Å². The van der Waals surface area contributed by atoms with Crippen LogP contribution >= 0.6 is 11.8 Å². The van der Waals surface area contributed by atoms with Gasteiger partial charge < -0.3 is 25.5 Å². The van der Waals surface area contributed by atoms with Crippen molar-refractivity contribution in [1.82, 2.24) is 0 Å². The van der Waals surface area contributed by atoms with E-state index in [1.54, 1.807) is 0 Å². The van der Waals surface area contributed by atoms with Crippen LogP contribution in [0.4, 0.5) is 0 Å². The number of aliphatic carboxylic acids is 2. The smallest absolute Gasteiger partial charge is 0.347 e. The number of aliphatic hydroxyl groups excluding tert-OH is 2. The largest absolute Gasteiger partial charge is 0.481 e. The van der Waals surface area contributed by atoms with Crippen molar-refractivity contribution in [3.63, 3.8) is 0 Å². The van der Waals surface area contributed by atoms with Gasteiger partial charge in [-0.25, -0.2) is 4.79 Å². The first-order valence-electron chi connectivity index (χ1n) is 6.36. The molecule has 5 N–H and O–H groups in total. The fraction of sp³-hybridized carbons (Fsp3) is 0.833. The first kappa shape index (κ1) is 17.2. The van der Waals surface area contributed by atoms with Crippen LogP contribution in [0.5, 0.6) is 0 Å². The predicted octanol–water partition coefficient (Wildman–Crippen LogP) is -0.119. The zero-order valence-electron chi connectivity index (χ0n) is 11.0. The molecule has 0 spiro atoms. The van der Waals surface area contributed by atoms with E-state index in [0.29, 0.717) is 37.4 Å². The Labute approximate surface area is 120 Å². The highest BCUT2D eigenvalue weighted by Crippen LogP contribution is 2.47.